The Kier molecular flexibility index (Phi) is 4.43. The summed E-state index contributed by atoms with van der Waals surface area (Å²) < 4.78 is 39.0. The highest BCUT2D eigenvalue weighted by Gasteiger charge is 2.34. The van der Waals surface area contributed by atoms with Gasteiger partial charge in [0.2, 0.25) is 0 Å². The Hall–Kier alpha value is -1.83. The van der Waals surface area contributed by atoms with E-state index in [1.54, 1.807) is 0 Å². The third-order valence-electron chi connectivity index (χ3n) is 2.81. The third-order valence-corrected chi connectivity index (χ3v) is 2.81. The molecule has 0 aromatic carbocycles. The number of halogens is 3. The summed E-state index contributed by atoms with van der Waals surface area (Å²) in [6.45, 7) is 0.727. The summed E-state index contributed by atoms with van der Waals surface area (Å²) in [5.74, 6) is 0.375. The molecular weight excluding hydrogens is 273 g/mol. The lowest BCUT2D eigenvalue weighted by Gasteiger charge is -2.06. The van der Waals surface area contributed by atoms with Crippen molar-refractivity contribution in [2.45, 2.75) is 25.4 Å². The van der Waals surface area contributed by atoms with Gasteiger partial charge in [0.15, 0.2) is 11.5 Å². The van der Waals surface area contributed by atoms with E-state index in [4.69, 9.17) is 5.11 Å². The van der Waals surface area contributed by atoms with Crippen LogP contribution in [0, 0.1) is 0 Å². The molecule has 20 heavy (non-hydrogen) atoms. The van der Waals surface area contributed by atoms with Crippen molar-refractivity contribution in [1.29, 1.82) is 0 Å². The minimum atomic E-state index is -4.47. The van der Waals surface area contributed by atoms with Crippen LogP contribution in [0.2, 0.25) is 0 Å². The number of aromatic nitrogens is 3. The lowest BCUT2D eigenvalue weighted by atomic mass is 10.2. The molecule has 2 aromatic rings. The molecule has 0 aliphatic rings. The van der Waals surface area contributed by atoms with Gasteiger partial charge in [0.05, 0.1) is 0 Å². The highest BCUT2D eigenvalue weighted by Crippen LogP contribution is 2.29. The molecule has 0 amide bonds. The second kappa shape index (κ2) is 6.08. The summed E-state index contributed by atoms with van der Waals surface area (Å²) in [6.07, 6.45) is 0.676. The Bertz CT molecular complexity index is 567. The zero-order chi connectivity index (χ0) is 14.6. The minimum Gasteiger partial charge on any atom is -0.396 e. The topological polar surface area (TPSA) is 62.5 Å². The van der Waals surface area contributed by atoms with Crippen molar-refractivity contribution in [2.75, 3.05) is 18.5 Å². The van der Waals surface area contributed by atoms with Crippen LogP contribution >= 0.6 is 0 Å². The number of anilines is 1. The van der Waals surface area contributed by atoms with Crippen molar-refractivity contribution in [3.63, 3.8) is 0 Å². The maximum Gasteiger partial charge on any atom is 0.435 e. The van der Waals surface area contributed by atoms with Crippen molar-refractivity contribution < 1.29 is 18.3 Å². The predicted octanol–water partition coefficient (Wildman–Crippen LogP) is 2.32. The van der Waals surface area contributed by atoms with Gasteiger partial charge in [0.25, 0.3) is 0 Å². The summed E-state index contributed by atoms with van der Waals surface area (Å²) in [5, 5.41) is 15.1. The number of alkyl halides is 3. The maximum atomic E-state index is 12.6. The van der Waals surface area contributed by atoms with Gasteiger partial charge < -0.3 is 10.4 Å². The molecule has 110 valence electrons. The number of nitrogens with one attached hydrogen (secondary N) is 1. The molecule has 0 fully saturated rings. The third kappa shape index (κ3) is 3.38. The van der Waals surface area contributed by atoms with E-state index in [-0.39, 0.29) is 6.61 Å². The van der Waals surface area contributed by atoms with E-state index in [1.165, 1.54) is 12.4 Å². The van der Waals surface area contributed by atoms with Crippen LogP contribution in [0.15, 0.2) is 18.5 Å². The van der Waals surface area contributed by atoms with Crippen LogP contribution < -0.4 is 5.32 Å². The lowest BCUT2D eigenvalue weighted by molar-refractivity contribution is -0.141. The number of aliphatic hydroxyl groups excluding tert-OH is 1. The van der Waals surface area contributed by atoms with Gasteiger partial charge in [-0.3, -0.25) is 0 Å². The molecule has 0 aliphatic carbocycles. The summed E-state index contributed by atoms with van der Waals surface area (Å²) in [4.78, 5) is 4.03. The van der Waals surface area contributed by atoms with Gasteiger partial charge >= 0.3 is 6.18 Å². The van der Waals surface area contributed by atoms with Crippen LogP contribution in [0.1, 0.15) is 25.0 Å². The highest BCUT2D eigenvalue weighted by molar-refractivity contribution is 5.67. The van der Waals surface area contributed by atoms with Gasteiger partial charge in [-0.1, -0.05) is 0 Å². The second-order valence-corrected chi connectivity index (χ2v) is 4.34. The Morgan fingerprint density at radius 1 is 1.25 bits per heavy atom. The molecule has 0 spiro atoms. The van der Waals surface area contributed by atoms with E-state index >= 15 is 0 Å². The average Bonchev–Trinajstić information content (AvgIpc) is 2.83. The number of hydrogen-bond donors (Lipinski definition) is 2. The number of aliphatic hydroxyl groups is 1. The molecular formula is C12H15F3N4O. The SMILES string of the molecule is OCCCCCNc1nccn2nc(C(F)(F)F)cc12. The minimum absolute atomic E-state index is 0.144. The van der Waals surface area contributed by atoms with Gasteiger partial charge in [0.1, 0.15) is 5.52 Å². The monoisotopic (exact) mass is 288 g/mol. The quantitative estimate of drug-likeness (QED) is 0.801. The molecule has 8 heteroatoms. The Labute approximate surface area is 113 Å². The van der Waals surface area contributed by atoms with Crippen molar-refractivity contribution in [3.05, 3.63) is 24.2 Å². The predicted molar refractivity (Wildman–Crippen MR) is 67.4 cm³/mol. The van der Waals surface area contributed by atoms with Crippen LogP contribution in [0.25, 0.3) is 5.52 Å². The van der Waals surface area contributed by atoms with E-state index in [0.717, 1.165) is 23.4 Å². The van der Waals surface area contributed by atoms with Gasteiger partial charge in [-0.15, -0.1) is 0 Å². The van der Waals surface area contributed by atoms with Crippen molar-refractivity contribution in [2.24, 2.45) is 0 Å². The van der Waals surface area contributed by atoms with E-state index in [9.17, 15) is 13.2 Å². The standard InChI is InChI=1S/C12H15F3N4O/c13-12(14,15)10-8-9-11(16-4-2-1-3-7-20)17-5-6-19(9)18-10/h5-6,8,20H,1-4,7H2,(H,16,17). The molecule has 0 bridgehead atoms. The van der Waals surface area contributed by atoms with Gasteiger partial charge in [-0.05, 0) is 19.3 Å². The van der Waals surface area contributed by atoms with E-state index in [2.05, 4.69) is 15.4 Å². The van der Waals surface area contributed by atoms with Crippen LogP contribution in [-0.2, 0) is 6.18 Å². The van der Waals surface area contributed by atoms with Crippen molar-refractivity contribution >= 4 is 11.3 Å². The van der Waals surface area contributed by atoms with Crippen LogP contribution in [0.4, 0.5) is 19.0 Å². The summed E-state index contributed by atoms with van der Waals surface area (Å²) in [5.41, 5.74) is -0.643. The number of nitrogens with zero attached hydrogens (tertiary/aromatic N) is 3. The van der Waals surface area contributed by atoms with E-state index in [0.29, 0.717) is 24.3 Å². The fraction of sp³-hybridized carbons (Fsp3) is 0.500. The molecule has 2 N–H and O–H groups in total. The first kappa shape index (κ1) is 14.6. The highest BCUT2D eigenvalue weighted by atomic mass is 19.4. The van der Waals surface area contributed by atoms with Gasteiger partial charge in [-0.25, -0.2) is 9.50 Å². The second-order valence-electron chi connectivity index (χ2n) is 4.34. The number of fused-ring (bicyclic) bond motifs is 1. The molecule has 0 saturated carbocycles. The number of hydrogen-bond acceptors (Lipinski definition) is 4. The Balaban J connectivity index is 2.11. The molecule has 0 unspecified atom stereocenters. The normalized spacial score (nSPS) is 12.0. The van der Waals surface area contributed by atoms with Crippen LogP contribution in [0.3, 0.4) is 0 Å². The molecule has 0 atom stereocenters. The zero-order valence-electron chi connectivity index (χ0n) is 10.7. The first-order valence-corrected chi connectivity index (χ1v) is 6.28. The molecule has 2 heterocycles. The Morgan fingerprint density at radius 2 is 2.05 bits per heavy atom. The number of rotatable bonds is 6. The van der Waals surface area contributed by atoms with Crippen molar-refractivity contribution in [1.82, 2.24) is 14.6 Å². The fourth-order valence-electron chi connectivity index (χ4n) is 1.82. The molecule has 5 nitrogen and oxygen atoms in total. The van der Waals surface area contributed by atoms with E-state index < -0.39 is 11.9 Å². The first-order chi connectivity index (χ1) is 9.52. The average molecular weight is 288 g/mol. The maximum absolute atomic E-state index is 12.6. The van der Waals surface area contributed by atoms with Crippen LogP contribution in [0.5, 0.6) is 0 Å². The van der Waals surface area contributed by atoms with Crippen LogP contribution in [-0.4, -0.2) is 32.9 Å². The van der Waals surface area contributed by atoms with Crippen molar-refractivity contribution in [3.8, 4) is 0 Å². The van der Waals surface area contributed by atoms with Gasteiger partial charge in [0, 0.05) is 31.6 Å². The van der Waals surface area contributed by atoms with Gasteiger partial charge in [-0.2, -0.15) is 18.3 Å². The fourth-order valence-corrected chi connectivity index (χ4v) is 1.82. The van der Waals surface area contributed by atoms with E-state index in [1.807, 2.05) is 0 Å². The molecule has 0 radical (unpaired) electrons. The summed E-state index contributed by atoms with van der Waals surface area (Å²) >= 11 is 0. The molecule has 0 saturated heterocycles. The summed E-state index contributed by atoms with van der Waals surface area (Å²) in [6, 6.07) is 0.975. The summed E-state index contributed by atoms with van der Waals surface area (Å²) in [7, 11) is 0. The molecule has 0 aliphatic heterocycles. The first-order valence-electron chi connectivity index (χ1n) is 6.28. The number of unbranched alkanes of at least 4 members (excludes halogenated alkanes) is 2. The molecule has 2 aromatic heterocycles. The largest absolute Gasteiger partial charge is 0.435 e. The Morgan fingerprint density at radius 3 is 2.75 bits per heavy atom. The molecule has 2 rings (SSSR count). The smallest absolute Gasteiger partial charge is 0.396 e. The lowest BCUT2D eigenvalue weighted by Crippen LogP contribution is -2.06. The zero-order valence-corrected chi connectivity index (χ0v) is 10.7.